The molecule has 1 amide bonds. The number of rotatable bonds is 3. The van der Waals surface area contributed by atoms with Crippen LogP contribution in [0.1, 0.15) is 35.2 Å². The highest BCUT2D eigenvalue weighted by molar-refractivity contribution is 9.10. The van der Waals surface area contributed by atoms with E-state index in [2.05, 4.69) is 15.9 Å². The quantitative estimate of drug-likeness (QED) is 0.813. The lowest BCUT2D eigenvalue weighted by Crippen LogP contribution is -2.47. The highest BCUT2D eigenvalue weighted by Gasteiger charge is 2.29. The van der Waals surface area contributed by atoms with Crippen LogP contribution in [0, 0.1) is 6.92 Å². The molecule has 4 N–H and O–H groups in total. The Hall–Kier alpha value is -0.960. The van der Waals surface area contributed by atoms with Gasteiger partial charge >= 0.3 is 0 Å². The summed E-state index contributed by atoms with van der Waals surface area (Å²) in [7, 11) is -3.89. The van der Waals surface area contributed by atoms with Crippen molar-refractivity contribution in [3.63, 3.8) is 0 Å². The van der Waals surface area contributed by atoms with Crippen LogP contribution in [-0.4, -0.2) is 38.4 Å². The molecule has 0 aliphatic carbocycles. The second kappa shape index (κ2) is 6.66. The second-order valence-corrected chi connectivity index (χ2v) is 7.95. The van der Waals surface area contributed by atoms with E-state index in [1.807, 2.05) is 0 Å². The van der Waals surface area contributed by atoms with Crippen molar-refractivity contribution in [3.8, 4) is 0 Å². The highest BCUT2D eigenvalue weighted by atomic mass is 79.9. The Morgan fingerprint density at radius 1 is 1.41 bits per heavy atom. The normalized spacial score (nSPS) is 19.3. The molecule has 1 aliphatic rings. The van der Waals surface area contributed by atoms with Crippen LogP contribution in [0.3, 0.4) is 0 Å². The third-order valence-electron chi connectivity index (χ3n) is 4.02. The molecule has 1 heterocycles. The van der Waals surface area contributed by atoms with Gasteiger partial charge in [0.2, 0.25) is 10.0 Å². The zero-order chi connectivity index (χ0) is 16.5. The maximum absolute atomic E-state index is 12.8. The first kappa shape index (κ1) is 17.4. The topological polar surface area (TPSA) is 106 Å². The first-order valence-corrected chi connectivity index (χ1v) is 9.43. The van der Waals surface area contributed by atoms with Crippen LogP contribution in [0.2, 0.25) is 0 Å². The van der Waals surface area contributed by atoms with Gasteiger partial charge in [-0.05, 0) is 43.9 Å². The van der Waals surface area contributed by atoms with Gasteiger partial charge in [-0.2, -0.15) is 0 Å². The largest absolute Gasteiger partial charge is 0.334 e. The summed E-state index contributed by atoms with van der Waals surface area (Å²) < 4.78 is 23.9. The van der Waals surface area contributed by atoms with Gasteiger partial charge in [-0.3, -0.25) is 4.79 Å². The number of sulfonamides is 1. The summed E-state index contributed by atoms with van der Waals surface area (Å²) in [5, 5.41) is 5.23. The summed E-state index contributed by atoms with van der Waals surface area (Å²) in [5.41, 5.74) is 6.48. The Balaban J connectivity index is 2.48. The fourth-order valence-electron chi connectivity index (χ4n) is 2.84. The van der Waals surface area contributed by atoms with Gasteiger partial charge < -0.3 is 10.6 Å². The van der Waals surface area contributed by atoms with E-state index in [1.165, 1.54) is 6.07 Å². The Morgan fingerprint density at radius 3 is 2.68 bits per heavy atom. The SMILES string of the molecule is Cc1c(C(=O)N2CCCCC2CN)cc(Br)cc1S(N)(=O)=O. The van der Waals surface area contributed by atoms with Crippen LogP contribution in [-0.2, 0) is 10.0 Å². The standard InChI is InChI=1S/C14H20BrN3O3S/c1-9-12(6-10(15)7-13(9)22(17,20)21)14(19)18-5-3-2-4-11(18)8-16/h6-7,11H,2-5,8,16H2,1H3,(H2,17,20,21). The summed E-state index contributed by atoms with van der Waals surface area (Å²) in [5.74, 6) is -0.196. The Kier molecular flexibility index (Phi) is 5.26. The number of hydrogen-bond acceptors (Lipinski definition) is 4. The van der Waals surface area contributed by atoms with Crippen molar-refractivity contribution in [2.45, 2.75) is 37.1 Å². The Labute approximate surface area is 139 Å². The molecular weight excluding hydrogens is 370 g/mol. The van der Waals surface area contributed by atoms with Gasteiger partial charge in [0.15, 0.2) is 0 Å². The fraction of sp³-hybridized carbons (Fsp3) is 0.500. The summed E-state index contributed by atoms with van der Waals surface area (Å²) in [4.78, 5) is 14.5. The van der Waals surface area contributed by atoms with Gasteiger partial charge in [0, 0.05) is 29.2 Å². The molecule has 1 unspecified atom stereocenters. The number of primary sulfonamides is 1. The Bertz CT molecular complexity index is 691. The minimum absolute atomic E-state index is 0.00225. The van der Waals surface area contributed by atoms with E-state index in [4.69, 9.17) is 10.9 Å². The molecule has 0 aromatic heterocycles. The third kappa shape index (κ3) is 3.51. The molecule has 0 radical (unpaired) electrons. The molecular formula is C14H20BrN3O3S. The minimum atomic E-state index is -3.89. The summed E-state index contributed by atoms with van der Waals surface area (Å²) in [6.07, 6.45) is 2.85. The molecule has 1 aliphatic heterocycles. The number of halogens is 1. The van der Waals surface area contributed by atoms with Gasteiger partial charge in [0.05, 0.1) is 4.90 Å². The van der Waals surface area contributed by atoms with E-state index in [-0.39, 0.29) is 16.8 Å². The van der Waals surface area contributed by atoms with E-state index < -0.39 is 10.0 Å². The van der Waals surface area contributed by atoms with E-state index in [0.29, 0.717) is 28.7 Å². The van der Waals surface area contributed by atoms with Crippen LogP contribution in [0.15, 0.2) is 21.5 Å². The molecule has 1 aromatic rings. The smallest absolute Gasteiger partial charge is 0.254 e. The number of nitrogens with two attached hydrogens (primary N) is 2. The maximum atomic E-state index is 12.8. The number of likely N-dealkylation sites (tertiary alicyclic amines) is 1. The highest BCUT2D eigenvalue weighted by Crippen LogP contribution is 2.27. The molecule has 1 fully saturated rings. The first-order chi connectivity index (χ1) is 10.3. The van der Waals surface area contributed by atoms with E-state index in [9.17, 15) is 13.2 Å². The van der Waals surface area contributed by atoms with Crippen molar-refractivity contribution in [3.05, 3.63) is 27.7 Å². The number of nitrogens with zero attached hydrogens (tertiary/aromatic N) is 1. The fourth-order valence-corrected chi connectivity index (χ4v) is 4.28. The van der Waals surface area contributed by atoms with Crippen LogP contribution in [0.4, 0.5) is 0 Å². The summed E-state index contributed by atoms with van der Waals surface area (Å²) in [6.45, 7) is 2.64. The van der Waals surface area contributed by atoms with Gasteiger partial charge in [-0.1, -0.05) is 15.9 Å². The van der Waals surface area contributed by atoms with Crippen LogP contribution < -0.4 is 10.9 Å². The summed E-state index contributed by atoms with van der Waals surface area (Å²) in [6, 6.07) is 3.05. The number of amides is 1. The van der Waals surface area contributed by atoms with Crippen molar-refractivity contribution in [2.75, 3.05) is 13.1 Å². The van der Waals surface area contributed by atoms with Crippen molar-refractivity contribution in [1.82, 2.24) is 4.90 Å². The second-order valence-electron chi connectivity index (χ2n) is 5.51. The molecule has 6 nitrogen and oxygen atoms in total. The number of carbonyl (C=O) groups excluding carboxylic acids is 1. The van der Waals surface area contributed by atoms with E-state index >= 15 is 0 Å². The molecule has 22 heavy (non-hydrogen) atoms. The number of piperidine rings is 1. The number of hydrogen-bond donors (Lipinski definition) is 2. The molecule has 0 saturated carbocycles. The molecule has 1 aromatic carbocycles. The molecule has 1 saturated heterocycles. The monoisotopic (exact) mass is 389 g/mol. The number of carbonyl (C=O) groups is 1. The van der Waals surface area contributed by atoms with Gasteiger partial charge in [-0.25, -0.2) is 13.6 Å². The average molecular weight is 390 g/mol. The van der Waals surface area contributed by atoms with Crippen molar-refractivity contribution in [1.29, 1.82) is 0 Å². The van der Waals surface area contributed by atoms with Gasteiger partial charge in [0.25, 0.3) is 5.91 Å². The molecule has 2 rings (SSSR count). The lowest BCUT2D eigenvalue weighted by molar-refractivity contribution is 0.0622. The zero-order valence-corrected chi connectivity index (χ0v) is 14.8. The zero-order valence-electron chi connectivity index (χ0n) is 12.4. The maximum Gasteiger partial charge on any atom is 0.254 e. The molecule has 8 heteroatoms. The molecule has 0 spiro atoms. The van der Waals surface area contributed by atoms with Gasteiger partial charge in [0.1, 0.15) is 0 Å². The van der Waals surface area contributed by atoms with Crippen molar-refractivity contribution < 1.29 is 13.2 Å². The average Bonchev–Trinajstić information content (AvgIpc) is 2.47. The minimum Gasteiger partial charge on any atom is -0.334 e. The predicted molar refractivity (Wildman–Crippen MR) is 88.0 cm³/mol. The number of benzene rings is 1. The van der Waals surface area contributed by atoms with Crippen molar-refractivity contribution in [2.24, 2.45) is 10.9 Å². The molecule has 1 atom stereocenters. The van der Waals surface area contributed by atoms with Crippen LogP contribution in [0.5, 0.6) is 0 Å². The predicted octanol–water partition coefficient (Wildman–Crippen LogP) is 1.36. The first-order valence-electron chi connectivity index (χ1n) is 7.09. The third-order valence-corrected chi connectivity index (χ3v) is 5.52. The molecule has 122 valence electrons. The lowest BCUT2D eigenvalue weighted by Gasteiger charge is -2.35. The molecule has 0 bridgehead atoms. The Morgan fingerprint density at radius 2 is 2.09 bits per heavy atom. The van der Waals surface area contributed by atoms with Crippen molar-refractivity contribution >= 4 is 31.9 Å². The van der Waals surface area contributed by atoms with Gasteiger partial charge in [-0.15, -0.1) is 0 Å². The van der Waals surface area contributed by atoms with E-state index in [0.717, 1.165) is 19.3 Å². The van der Waals surface area contributed by atoms with Crippen LogP contribution >= 0.6 is 15.9 Å². The van der Waals surface area contributed by atoms with Crippen LogP contribution in [0.25, 0.3) is 0 Å². The lowest BCUT2D eigenvalue weighted by atomic mass is 9.99. The van der Waals surface area contributed by atoms with E-state index in [1.54, 1.807) is 17.9 Å². The summed E-state index contributed by atoms with van der Waals surface area (Å²) >= 11 is 3.25.